The molecule has 0 saturated carbocycles. The SMILES string of the molecule is CCC1CCC(=O)N(CC(=O)c2cc(C)n(C)c2C)CC1. The van der Waals surface area contributed by atoms with Crippen LogP contribution in [0, 0.1) is 19.8 Å². The van der Waals surface area contributed by atoms with Crippen molar-refractivity contribution in [1.82, 2.24) is 9.47 Å². The monoisotopic (exact) mass is 290 g/mol. The van der Waals surface area contributed by atoms with Crippen molar-refractivity contribution < 1.29 is 9.59 Å². The number of amides is 1. The second-order valence-electron chi connectivity index (χ2n) is 6.18. The Morgan fingerprint density at radius 2 is 2.05 bits per heavy atom. The van der Waals surface area contributed by atoms with Crippen LogP contribution in [0.25, 0.3) is 0 Å². The van der Waals surface area contributed by atoms with Crippen LogP contribution in [0.15, 0.2) is 6.07 Å². The highest BCUT2D eigenvalue weighted by Crippen LogP contribution is 2.22. The molecule has 2 heterocycles. The molecular weight excluding hydrogens is 264 g/mol. The van der Waals surface area contributed by atoms with Crippen LogP contribution < -0.4 is 0 Å². The van der Waals surface area contributed by atoms with E-state index in [1.54, 1.807) is 4.90 Å². The van der Waals surface area contributed by atoms with E-state index >= 15 is 0 Å². The number of aromatic nitrogens is 1. The molecule has 116 valence electrons. The minimum atomic E-state index is 0.0551. The minimum absolute atomic E-state index is 0.0551. The summed E-state index contributed by atoms with van der Waals surface area (Å²) in [6.45, 7) is 7.06. The maximum absolute atomic E-state index is 12.5. The van der Waals surface area contributed by atoms with Crippen molar-refractivity contribution in [3.63, 3.8) is 0 Å². The molecule has 1 atom stereocenters. The van der Waals surface area contributed by atoms with E-state index in [-0.39, 0.29) is 18.2 Å². The number of aryl methyl sites for hydroxylation is 1. The van der Waals surface area contributed by atoms with E-state index < -0.39 is 0 Å². The molecule has 1 aromatic heterocycles. The lowest BCUT2D eigenvalue weighted by atomic mass is 9.98. The van der Waals surface area contributed by atoms with Crippen molar-refractivity contribution in [2.75, 3.05) is 13.1 Å². The molecule has 0 aliphatic carbocycles. The Bertz CT molecular complexity index is 545. The molecule has 1 unspecified atom stereocenters. The summed E-state index contributed by atoms with van der Waals surface area (Å²) in [5, 5.41) is 0. The number of hydrogen-bond donors (Lipinski definition) is 0. The smallest absolute Gasteiger partial charge is 0.222 e. The molecule has 0 bridgehead atoms. The number of Topliss-reactive ketones (excluding diaryl/α,β-unsaturated/α-hetero) is 1. The quantitative estimate of drug-likeness (QED) is 0.800. The normalized spacial score (nSPS) is 19.7. The fraction of sp³-hybridized carbons (Fsp3) is 0.647. The van der Waals surface area contributed by atoms with Gasteiger partial charge in [0.05, 0.1) is 6.54 Å². The van der Waals surface area contributed by atoms with E-state index in [1.807, 2.05) is 31.5 Å². The average molecular weight is 290 g/mol. The molecule has 4 heteroatoms. The van der Waals surface area contributed by atoms with Crippen molar-refractivity contribution in [2.45, 2.75) is 46.5 Å². The zero-order valence-corrected chi connectivity index (χ0v) is 13.6. The van der Waals surface area contributed by atoms with Gasteiger partial charge < -0.3 is 9.47 Å². The minimum Gasteiger partial charge on any atom is -0.351 e. The first-order valence-corrected chi connectivity index (χ1v) is 7.88. The van der Waals surface area contributed by atoms with Gasteiger partial charge in [0.15, 0.2) is 5.78 Å². The van der Waals surface area contributed by atoms with Crippen LogP contribution in [-0.4, -0.2) is 34.2 Å². The Morgan fingerprint density at radius 1 is 1.33 bits per heavy atom. The van der Waals surface area contributed by atoms with Gasteiger partial charge in [0, 0.05) is 37.0 Å². The third-order valence-corrected chi connectivity index (χ3v) is 4.91. The van der Waals surface area contributed by atoms with Crippen LogP contribution >= 0.6 is 0 Å². The number of carbonyl (C=O) groups excluding carboxylic acids is 2. The molecule has 1 aliphatic heterocycles. The van der Waals surface area contributed by atoms with Gasteiger partial charge in [-0.05, 0) is 38.7 Å². The van der Waals surface area contributed by atoms with E-state index in [4.69, 9.17) is 0 Å². The van der Waals surface area contributed by atoms with Crippen LogP contribution in [0.3, 0.4) is 0 Å². The highest BCUT2D eigenvalue weighted by atomic mass is 16.2. The lowest BCUT2D eigenvalue weighted by molar-refractivity contribution is -0.130. The van der Waals surface area contributed by atoms with E-state index in [9.17, 15) is 9.59 Å². The Kier molecular flexibility index (Phi) is 4.86. The van der Waals surface area contributed by atoms with Gasteiger partial charge in [0.25, 0.3) is 0 Å². The van der Waals surface area contributed by atoms with E-state index in [0.717, 1.165) is 36.2 Å². The van der Waals surface area contributed by atoms with Gasteiger partial charge in [0.2, 0.25) is 5.91 Å². The standard InChI is InChI=1S/C17H26N2O2/c1-5-14-6-7-17(21)19(9-8-14)11-16(20)15-10-12(2)18(4)13(15)3/h10,14H,5-9,11H2,1-4H3. The van der Waals surface area contributed by atoms with Crippen LogP contribution in [-0.2, 0) is 11.8 Å². The predicted molar refractivity (Wildman–Crippen MR) is 83.4 cm³/mol. The Morgan fingerprint density at radius 3 is 2.62 bits per heavy atom. The summed E-state index contributed by atoms with van der Waals surface area (Å²) in [7, 11) is 1.96. The Balaban J connectivity index is 2.08. The van der Waals surface area contributed by atoms with Gasteiger partial charge in [-0.25, -0.2) is 0 Å². The predicted octanol–water partition coefficient (Wildman–Crippen LogP) is 2.86. The summed E-state index contributed by atoms with van der Waals surface area (Å²) in [5.41, 5.74) is 2.80. The zero-order chi connectivity index (χ0) is 15.6. The highest BCUT2D eigenvalue weighted by molar-refractivity contribution is 6.00. The molecule has 1 saturated heterocycles. The van der Waals surface area contributed by atoms with Crippen LogP contribution in [0.1, 0.15) is 54.4 Å². The Hall–Kier alpha value is -1.58. The molecule has 1 amide bonds. The second-order valence-corrected chi connectivity index (χ2v) is 6.18. The third kappa shape index (κ3) is 3.36. The van der Waals surface area contributed by atoms with Crippen LogP contribution in [0.4, 0.5) is 0 Å². The molecule has 0 radical (unpaired) electrons. The lowest BCUT2D eigenvalue weighted by Gasteiger charge is -2.20. The molecule has 4 nitrogen and oxygen atoms in total. The summed E-state index contributed by atoms with van der Waals surface area (Å²) in [6, 6.07) is 1.93. The van der Waals surface area contributed by atoms with E-state index in [2.05, 4.69) is 6.92 Å². The van der Waals surface area contributed by atoms with Gasteiger partial charge in [-0.15, -0.1) is 0 Å². The van der Waals surface area contributed by atoms with Gasteiger partial charge >= 0.3 is 0 Å². The fourth-order valence-electron chi connectivity index (χ4n) is 3.06. The summed E-state index contributed by atoms with van der Waals surface area (Å²) in [5.74, 6) is 0.805. The number of likely N-dealkylation sites (tertiary alicyclic amines) is 1. The number of nitrogens with zero attached hydrogens (tertiary/aromatic N) is 2. The van der Waals surface area contributed by atoms with Crippen LogP contribution in [0.5, 0.6) is 0 Å². The van der Waals surface area contributed by atoms with Crippen molar-refractivity contribution in [1.29, 1.82) is 0 Å². The number of rotatable bonds is 4. The van der Waals surface area contributed by atoms with Gasteiger partial charge in [-0.2, -0.15) is 0 Å². The lowest BCUT2D eigenvalue weighted by Crippen LogP contribution is -2.35. The number of ketones is 1. The van der Waals surface area contributed by atoms with Gasteiger partial charge in [0.1, 0.15) is 0 Å². The summed E-state index contributed by atoms with van der Waals surface area (Å²) in [6.07, 6.45) is 3.68. The van der Waals surface area contributed by atoms with Crippen molar-refractivity contribution in [3.8, 4) is 0 Å². The van der Waals surface area contributed by atoms with Gasteiger partial charge in [-0.1, -0.05) is 13.3 Å². The summed E-state index contributed by atoms with van der Waals surface area (Å²) >= 11 is 0. The summed E-state index contributed by atoms with van der Waals surface area (Å²) in [4.78, 5) is 26.4. The second kappa shape index (κ2) is 6.46. The number of carbonyl (C=O) groups is 2. The highest BCUT2D eigenvalue weighted by Gasteiger charge is 2.24. The molecule has 21 heavy (non-hydrogen) atoms. The van der Waals surface area contributed by atoms with Crippen molar-refractivity contribution >= 4 is 11.7 Å². The molecule has 1 aliphatic rings. The number of hydrogen-bond acceptors (Lipinski definition) is 2. The third-order valence-electron chi connectivity index (χ3n) is 4.91. The summed E-state index contributed by atoms with van der Waals surface area (Å²) < 4.78 is 2.02. The Labute approximate surface area is 127 Å². The average Bonchev–Trinajstić information content (AvgIpc) is 2.64. The molecule has 0 aromatic carbocycles. The maximum Gasteiger partial charge on any atom is 0.222 e. The molecule has 1 aromatic rings. The first-order chi connectivity index (χ1) is 9.93. The largest absolute Gasteiger partial charge is 0.351 e. The van der Waals surface area contributed by atoms with Crippen molar-refractivity contribution in [3.05, 3.63) is 23.0 Å². The van der Waals surface area contributed by atoms with E-state index in [0.29, 0.717) is 18.9 Å². The maximum atomic E-state index is 12.5. The molecule has 2 rings (SSSR count). The zero-order valence-electron chi connectivity index (χ0n) is 13.6. The van der Waals surface area contributed by atoms with Crippen LogP contribution in [0.2, 0.25) is 0 Å². The first-order valence-electron chi connectivity index (χ1n) is 7.88. The molecule has 0 N–H and O–H groups in total. The molecular formula is C17H26N2O2. The topological polar surface area (TPSA) is 42.3 Å². The molecule has 0 spiro atoms. The fourth-order valence-corrected chi connectivity index (χ4v) is 3.06. The van der Waals surface area contributed by atoms with Crippen molar-refractivity contribution in [2.24, 2.45) is 13.0 Å². The van der Waals surface area contributed by atoms with E-state index in [1.165, 1.54) is 0 Å². The van der Waals surface area contributed by atoms with Gasteiger partial charge in [-0.3, -0.25) is 9.59 Å². The first kappa shape index (κ1) is 15.8. The molecule has 1 fully saturated rings.